The summed E-state index contributed by atoms with van der Waals surface area (Å²) in [5.41, 5.74) is 1.17. The second-order valence-electron chi connectivity index (χ2n) is 4.23. The Labute approximate surface area is 112 Å². The predicted octanol–water partition coefficient (Wildman–Crippen LogP) is 2.98. The van der Waals surface area contributed by atoms with Crippen molar-refractivity contribution in [1.82, 2.24) is 20.1 Å². The summed E-state index contributed by atoms with van der Waals surface area (Å²) in [6, 6.07) is 4.32. The van der Waals surface area contributed by atoms with E-state index in [1.165, 1.54) is 5.56 Å². The van der Waals surface area contributed by atoms with Crippen molar-refractivity contribution in [3.8, 4) is 5.82 Å². The molecule has 0 saturated heterocycles. The van der Waals surface area contributed by atoms with Gasteiger partial charge in [0.05, 0.1) is 17.4 Å². The lowest BCUT2D eigenvalue weighted by Crippen LogP contribution is -2.19. The van der Waals surface area contributed by atoms with Gasteiger partial charge in [-0.2, -0.15) is 5.10 Å². The summed E-state index contributed by atoms with van der Waals surface area (Å²) < 4.78 is 1.66. The lowest BCUT2D eigenvalue weighted by molar-refractivity contribution is 0.569. The van der Waals surface area contributed by atoms with Gasteiger partial charge in [0.2, 0.25) is 0 Å². The minimum Gasteiger partial charge on any atom is -0.310 e. The molecule has 1 unspecified atom stereocenters. The molecule has 0 aliphatic heterocycles. The van der Waals surface area contributed by atoms with Crippen LogP contribution in [-0.4, -0.2) is 21.3 Å². The summed E-state index contributed by atoms with van der Waals surface area (Å²) in [7, 11) is 0. The molecule has 2 heterocycles. The molecule has 0 amide bonds. The van der Waals surface area contributed by atoms with Gasteiger partial charge in [-0.15, -0.1) is 0 Å². The summed E-state index contributed by atoms with van der Waals surface area (Å²) >= 11 is 5.83. The molecule has 96 valence electrons. The van der Waals surface area contributed by atoms with Crippen molar-refractivity contribution in [2.24, 2.45) is 0 Å². The van der Waals surface area contributed by atoms with Gasteiger partial charge in [-0.1, -0.05) is 24.6 Å². The van der Waals surface area contributed by atoms with Crippen LogP contribution in [0.25, 0.3) is 5.82 Å². The van der Waals surface area contributed by atoms with E-state index in [-0.39, 0.29) is 0 Å². The minimum atomic E-state index is 0.313. The Hall–Kier alpha value is -1.39. The molecule has 0 saturated carbocycles. The highest BCUT2D eigenvalue weighted by Gasteiger charge is 2.06. The smallest absolute Gasteiger partial charge is 0.153 e. The lowest BCUT2D eigenvalue weighted by Gasteiger charge is -2.13. The van der Waals surface area contributed by atoms with Crippen molar-refractivity contribution in [2.75, 3.05) is 6.54 Å². The molecule has 5 heteroatoms. The van der Waals surface area contributed by atoms with Gasteiger partial charge in [0, 0.05) is 12.2 Å². The number of hydrogen-bond donors (Lipinski definition) is 1. The Bertz CT molecular complexity index is 492. The van der Waals surface area contributed by atoms with Crippen LogP contribution in [0.4, 0.5) is 0 Å². The van der Waals surface area contributed by atoms with Crippen LogP contribution in [0.15, 0.2) is 30.7 Å². The largest absolute Gasteiger partial charge is 0.310 e. The molecule has 2 rings (SSSR count). The molecule has 0 bridgehead atoms. The van der Waals surface area contributed by atoms with E-state index in [0.29, 0.717) is 11.1 Å². The third kappa shape index (κ3) is 3.09. The number of rotatable bonds is 5. The molecule has 1 N–H and O–H groups in total. The normalized spacial score (nSPS) is 12.6. The fourth-order valence-electron chi connectivity index (χ4n) is 1.69. The zero-order chi connectivity index (χ0) is 13.0. The number of nitrogens with one attached hydrogen (secondary N) is 1. The molecule has 0 spiro atoms. The maximum Gasteiger partial charge on any atom is 0.153 e. The molecule has 0 aliphatic rings. The second kappa shape index (κ2) is 5.98. The van der Waals surface area contributed by atoms with Gasteiger partial charge in [0.1, 0.15) is 0 Å². The van der Waals surface area contributed by atoms with Crippen molar-refractivity contribution in [3.63, 3.8) is 0 Å². The minimum absolute atomic E-state index is 0.313. The SMILES string of the molecule is CCCNC(C)c1ccc(-n2cc(Cl)cn2)nc1. The van der Waals surface area contributed by atoms with E-state index in [0.717, 1.165) is 18.8 Å². The van der Waals surface area contributed by atoms with E-state index in [9.17, 15) is 0 Å². The molecule has 0 fully saturated rings. The van der Waals surface area contributed by atoms with Crippen molar-refractivity contribution in [3.05, 3.63) is 41.3 Å². The molecular weight excluding hydrogens is 248 g/mol. The summed E-state index contributed by atoms with van der Waals surface area (Å²) in [5.74, 6) is 0.772. The van der Waals surface area contributed by atoms with Gasteiger partial charge in [-0.25, -0.2) is 9.67 Å². The van der Waals surface area contributed by atoms with Crippen LogP contribution in [0.3, 0.4) is 0 Å². The van der Waals surface area contributed by atoms with Gasteiger partial charge in [0.25, 0.3) is 0 Å². The number of hydrogen-bond acceptors (Lipinski definition) is 3. The maximum absolute atomic E-state index is 5.83. The number of pyridine rings is 1. The molecule has 4 nitrogen and oxygen atoms in total. The van der Waals surface area contributed by atoms with Crippen molar-refractivity contribution < 1.29 is 0 Å². The molecule has 0 aromatic carbocycles. The van der Waals surface area contributed by atoms with Gasteiger partial charge >= 0.3 is 0 Å². The van der Waals surface area contributed by atoms with Crippen LogP contribution in [0.2, 0.25) is 5.02 Å². The van der Waals surface area contributed by atoms with Gasteiger partial charge in [0.15, 0.2) is 5.82 Å². The van der Waals surface area contributed by atoms with E-state index in [2.05, 4.69) is 35.3 Å². The third-order valence-corrected chi connectivity index (χ3v) is 2.95. The van der Waals surface area contributed by atoms with Crippen LogP contribution in [0.5, 0.6) is 0 Å². The van der Waals surface area contributed by atoms with E-state index in [4.69, 9.17) is 11.6 Å². The highest BCUT2D eigenvalue weighted by molar-refractivity contribution is 6.30. The van der Waals surface area contributed by atoms with Gasteiger partial charge < -0.3 is 5.32 Å². The Kier molecular flexibility index (Phi) is 4.33. The van der Waals surface area contributed by atoms with Crippen molar-refractivity contribution >= 4 is 11.6 Å². The van der Waals surface area contributed by atoms with Crippen molar-refractivity contribution in [1.29, 1.82) is 0 Å². The third-order valence-electron chi connectivity index (χ3n) is 2.76. The fraction of sp³-hybridized carbons (Fsp3) is 0.385. The zero-order valence-electron chi connectivity index (χ0n) is 10.6. The molecule has 2 aromatic heterocycles. The van der Waals surface area contributed by atoms with E-state index in [1.807, 2.05) is 12.3 Å². The molecule has 0 aliphatic carbocycles. The Morgan fingerprint density at radius 2 is 2.22 bits per heavy atom. The van der Waals surface area contributed by atoms with Crippen LogP contribution < -0.4 is 5.32 Å². The van der Waals surface area contributed by atoms with Gasteiger partial charge in [-0.05, 0) is 31.5 Å². The predicted molar refractivity (Wildman–Crippen MR) is 73.1 cm³/mol. The van der Waals surface area contributed by atoms with E-state index < -0.39 is 0 Å². The number of aromatic nitrogens is 3. The number of halogens is 1. The van der Waals surface area contributed by atoms with E-state index >= 15 is 0 Å². The average Bonchev–Trinajstić information content (AvgIpc) is 2.83. The van der Waals surface area contributed by atoms with Crippen LogP contribution in [0, 0.1) is 0 Å². The average molecular weight is 265 g/mol. The molecule has 0 radical (unpaired) electrons. The first-order valence-electron chi connectivity index (χ1n) is 6.10. The standard InChI is InChI=1S/C13H17ClN4/c1-3-6-15-10(2)11-4-5-13(16-7-11)18-9-12(14)8-17-18/h4-5,7-10,15H,3,6H2,1-2H3. The molecule has 2 aromatic rings. The van der Waals surface area contributed by atoms with Gasteiger partial charge in [-0.3, -0.25) is 0 Å². The highest BCUT2D eigenvalue weighted by atomic mass is 35.5. The zero-order valence-corrected chi connectivity index (χ0v) is 11.4. The first kappa shape index (κ1) is 13.1. The Morgan fingerprint density at radius 3 is 2.78 bits per heavy atom. The summed E-state index contributed by atoms with van der Waals surface area (Å²) in [4.78, 5) is 4.39. The maximum atomic E-state index is 5.83. The first-order valence-corrected chi connectivity index (χ1v) is 6.48. The summed E-state index contributed by atoms with van der Waals surface area (Å²) in [5, 5.41) is 8.16. The summed E-state index contributed by atoms with van der Waals surface area (Å²) in [6.07, 6.45) is 6.34. The highest BCUT2D eigenvalue weighted by Crippen LogP contribution is 2.14. The monoisotopic (exact) mass is 264 g/mol. The fourth-order valence-corrected chi connectivity index (χ4v) is 1.83. The van der Waals surface area contributed by atoms with Crippen LogP contribution in [0.1, 0.15) is 31.9 Å². The lowest BCUT2D eigenvalue weighted by atomic mass is 10.1. The first-order chi connectivity index (χ1) is 8.70. The van der Waals surface area contributed by atoms with Crippen molar-refractivity contribution in [2.45, 2.75) is 26.3 Å². The summed E-state index contributed by atoms with van der Waals surface area (Å²) in [6.45, 7) is 5.30. The quantitative estimate of drug-likeness (QED) is 0.903. The topological polar surface area (TPSA) is 42.7 Å². The molecule has 18 heavy (non-hydrogen) atoms. The van der Waals surface area contributed by atoms with E-state index in [1.54, 1.807) is 17.1 Å². The van der Waals surface area contributed by atoms with Crippen LogP contribution in [-0.2, 0) is 0 Å². The second-order valence-corrected chi connectivity index (χ2v) is 4.67. The Balaban J connectivity index is 2.10. The number of nitrogens with zero attached hydrogens (tertiary/aromatic N) is 3. The Morgan fingerprint density at radius 1 is 1.39 bits per heavy atom. The molecular formula is C13H17ClN4. The van der Waals surface area contributed by atoms with Crippen LogP contribution >= 0.6 is 11.6 Å². The molecule has 1 atom stereocenters.